The molecule has 0 aromatic heterocycles. The van der Waals surface area contributed by atoms with Crippen LogP contribution in [0.25, 0.3) is 0 Å². The molecule has 0 unspecified atom stereocenters. The fourth-order valence-corrected chi connectivity index (χ4v) is 6.61. The highest BCUT2D eigenvalue weighted by atomic mass is 32.2. The van der Waals surface area contributed by atoms with Crippen LogP contribution >= 0.6 is 0 Å². The fraction of sp³-hybridized carbons (Fsp3) is 0.297. The van der Waals surface area contributed by atoms with Gasteiger partial charge in [-0.2, -0.15) is 0 Å². The molecule has 1 N–H and O–H groups in total. The SMILES string of the molecule is CC[C@@H](C)NC(=O)[C@H](Cc1ccccc1)N(Cc1ccc(F)cc1)C(=O)CN(c1cccc(C)c1C)S(=O)(=O)c1ccc(C)cc1. The van der Waals surface area contributed by atoms with Crippen LogP contribution in [0.15, 0.2) is 102 Å². The molecule has 0 radical (unpaired) electrons. The zero-order chi connectivity index (χ0) is 33.4. The number of anilines is 1. The Balaban J connectivity index is 1.83. The number of benzene rings is 4. The number of nitrogens with zero attached hydrogens (tertiary/aromatic N) is 2. The quantitative estimate of drug-likeness (QED) is 0.180. The zero-order valence-corrected chi connectivity index (χ0v) is 27.9. The van der Waals surface area contributed by atoms with Crippen molar-refractivity contribution in [3.63, 3.8) is 0 Å². The van der Waals surface area contributed by atoms with Crippen molar-refractivity contribution in [3.05, 3.63) is 131 Å². The van der Waals surface area contributed by atoms with Gasteiger partial charge in [-0.15, -0.1) is 0 Å². The standard InChI is InChI=1S/C37H42FN3O4S/c1-6-28(4)39-37(43)35(23-30-12-8-7-9-13-30)40(24-31-17-19-32(38)20-18-31)36(42)25-41(34-14-10-11-27(3)29(34)5)46(44,45)33-21-15-26(2)16-22-33/h7-22,28,35H,6,23-25H2,1-5H3,(H,39,43)/t28-,35+/m1/s1. The van der Waals surface area contributed by atoms with Crippen LogP contribution in [0.4, 0.5) is 10.1 Å². The lowest BCUT2D eigenvalue weighted by molar-refractivity contribution is -0.140. The molecule has 0 aliphatic carbocycles. The number of hydrogen-bond acceptors (Lipinski definition) is 4. The summed E-state index contributed by atoms with van der Waals surface area (Å²) in [6, 6.07) is 25.8. The minimum absolute atomic E-state index is 0.0320. The number of carbonyl (C=O) groups excluding carboxylic acids is 2. The molecule has 0 heterocycles. The number of aryl methyl sites for hydroxylation is 2. The van der Waals surface area contributed by atoms with Crippen LogP contribution in [-0.4, -0.2) is 43.8 Å². The van der Waals surface area contributed by atoms with E-state index in [1.807, 2.05) is 71.0 Å². The van der Waals surface area contributed by atoms with E-state index in [9.17, 15) is 22.4 Å². The predicted molar refractivity (Wildman–Crippen MR) is 180 cm³/mol. The van der Waals surface area contributed by atoms with Crippen molar-refractivity contribution in [2.45, 2.75) is 71.0 Å². The highest BCUT2D eigenvalue weighted by molar-refractivity contribution is 7.92. The number of amides is 2. The second kappa shape index (κ2) is 15.2. The first-order valence-corrected chi connectivity index (χ1v) is 16.9. The summed E-state index contributed by atoms with van der Waals surface area (Å²) in [5.74, 6) is -1.35. The van der Waals surface area contributed by atoms with Gasteiger partial charge in [-0.1, -0.05) is 79.2 Å². The summed E-state index contributed by atoms with van der Waals surface area (Å²) in [6.45, 7) is 8.83. The van der Waals surface area contributed by atoms with Crippen LogP contribution in [0.3, 0.4) is 0 Å². The van der Waals surface area contributed by atoms with Gasteiger partial charge >= 0.3 is 0 Å². The van der Waals surface area contributed by atoms with Crippen molar-refractivity contribution in [2.24, 2.45) is 0 Å². The van der Waals surface area contributed by atoms with Gasteiger partial charge in [0.05, 0.1) is 10.6 Å². The van der Waals surface area contributed by atoms with E-state index in [0.29, 0.717) is 23.2 Å². The first kappa shape index (κ1) is 34.4. The van der Waals surface area contributed by atoms with Gasteiger partial charge in [-0.3, -0.25) is 13.9 Å². The maximum Gasteiger partial charge on any atom is 0.264 e. The second-order valence-electron chi connectivity index (χ2n) is 11.7. The molecular formula is C37H42FN3O4S. The van der Waals surface area contributed by atoms with Gasteiger partial charge < -0.3 is 10.2 Å². The summed E-state index contributed by atoms with van der Waals surface area (Å²) in [5.41, 5.74) is 4.29. The summed E-state index contributed by atoms with van der Waals surface area (Å²) in [6.07, 6.45) is 0.884. The average molecular weight is 644 g/mol. The van der Waals surface area contributed by atoms with E-state index >= 15 is 0 Å². The molecule has 0 aliphatic heterocycles. The molecule has 9 heteroatoms. The minimum atomic E-state index is -4.21. The van der Waals surface area contributed by atoms with Gasteiger partial charge in [0, 0.05) is 19.0 Å². The molecule has 7 nitrogen and oxygen atoms in total. The number of hydrogen-bond donors (Lipinski definition) is 1. The third-order valence-corrected chi connectivity index (χ3v) is 10.0. The topological polar surface area (TPSA) is 86.8 Å². The van der Waals surface area contributed by atoms with Crippen LogP contribution in [0.5, 0.6) is 0 Å². The van der Waals surface area contributed by atoms with Gasteiger partial charge in [0.15, 0.2) is 0 Å². The Kier molecular flexibility index (Phi) is 11.4. The lowest BCUT2D eigenvalue weighted by Crippen LogP contribution is -2.54. The number of sulfonamides is 1. The van der Waals surface area contributed by atoms with Crippen LogP contribution in [0.2, 0.25) is 0 Å². The van der Waals surface area contributed by atoms with E-state index in [4.69, 9.17) is 0 Å². The van der Waals surface area contributed by atoms with E-state index in [0.717, 1.165) is 21.0 Å². The Labute approximate surface area is 272 Å². The van der Waals surface area contributed by atoms with Crippen LogP contribution in [0.1, 0.15) is 48.1 Å². The molecule has 0 fully saturated rings. The number of carbonyl (C=O) groups is 2. The molecule has 0 spiro atoms. The molecule has 2 atom stereocenters. The number of rotatable bonds is 13. The molecule has 2 amide bonds. The third-order valence-electron chi connectivity index (χ3n) is 8.27. The molecule has 4 rings (SSSR count). The predicted octanol–water partition coefficient (Wildman–Crippen LogP) is 6.50. The van der Waals surface area contributed by atoms with Crippen LogP contribution in [0, 0.1) is 26.6 Å². The smallest absolute Gasteiger partial charge is 0.264 e. The highest BCUT2D eigenvalue weighted by Crippen LogP contribution is 2.29. The number of nitrogens with one attached hydrogen (secondary N) is 1. The summed E-state index contributed by atoms with van der Waals surface area (Å²) in [7, 11) is -4.21. The summed E-state index contributed by atoms with van der Waals surface area (Å²) >= 11 is 0. The Hall–Kier alpha value is -4.50. The number of halogens is 1. The van der Waals surface area contributed by atoms with E-state index in [-0.39, 0.29) is 29.8 Å². The van der Waals surface area contributed by atoms with Gasteiger partial charge in [0.2, 0.25) is 11.8 Å². The second-order valence-corrected chi connectivity index (χ2v) is 13.6. The maximum absolute atomic E-state index is 14.6. The summed E-state index contributed by atoms with van der Waals surface area (Å²) < 4.78 is 43.5. The van der Waals surface area contributed by atoms with Gasteiger partial charge in [-0.05, 0) is 86.7 Å². The van der Waals surface area contributed by atoms with Crippen molar-refractivity contribution in [3.8, 4) is 0 Å². The van der Waals surface area contributed by atoms with Gasteiger partial charge in [0.1, 0.15) is 18.4 Å². The minimum Gasteiger partial charge on any atom is -0.352 e. The Morgan fingerprint density at radius 2 is 1.48 bits per heavy atom. The fourth-order valence-electron chi connectivity index (χ4n) is 5.14. The lowest BCUT2D eigenvalue weighted by Gasteiger charge is -2.34. The van der Waals surface area contributed by atoms with E-state index in [2.05, 4.69) is 5.32 Å². The van der Waals surface area contributed by atoms with Crippen LogP contribution < -0.4 is 9.62 Å². The molecule has 0 saturated carbocycles. The molecule has 4 aromatic carbocycles. The summed E-state index contributed by atoms with van der Waals surface area (Å²) in [5, 5.41) is 3.02. The average Bonchev–Trinajstić information content (AvgIpc) is 3.04. The van der Waals surface area contributed by atoms with Crippen molar-refractivity contribution >= 4 is 27.5 Å². The van der Waals surface area contributed by atoms with Crippen molar-refractivity contribution in [2.75, 3.05) is 10.8 Å². The molecule has 46 heavy (non-hydrogen) atoms. The van der Waals surface area contributed by atoms with E-state index < -0.39 is 34.3 Å². The first-order valence-electron chi connectivity index (χ1n) is 15.4. The lowest BCUT2D eigenvalue weighted by atomic mass is 10.0. The van der Waals surface area contributed by atoms with E-state index in [1.165, 1.54) is 29.2 Å². The van der Waals surface area contributed by atoms with Gasteiger partial charge in [0.25, 0.3) is 10.0 Å². The molecule has 0 bridgehead atoms. The Morgan fingerprint density at radius 3 is 2.11 bits per heavy atom. The first-order chi connectivity index (χ1) is 21.9. The van der Waals surface area contributed by atoms with Crippen LogP contribution in [-0.2, 0) is 32.6 Å². The molecule has 4 aromatic rings. The normalized spacial score (nSPS) is 12.7. The maximum atomic E-state index is 14.6. The Bertz CT molecular complexity index is 1740. The monoisotopic (exact) mass is 643 g/mol. The molecular weight excluding hydrogens is 601 g/mol. The zero-order valence-electron chi connectivity index (χ0n) is 27.0. The molecule has 242 valence electrons. The third kappa shape index (κ3) is 8.40. The molecule has 0 saturated heterocycles. The summed E-state index contributed by atoms with van der Waals surface area (Å²) in [4.78, 5) is 30.0. The van der Waals surface area contributed by atoms with E-state index in [1.54, 1.807) is 36.4 Å². The largest absolute Gasteiger partial charge is 0.352 e. The molecule has 0 aliphatic rings. The van der Waals surface area contributed by atoms with Crippen molar-refractivity contribution in [1.82, 2.24) is 10.2 Å². The van der Waals surface area contributed by atoms with Crippen molar-refractivity contribution < 1.29 is 22.4 Å². The van der Waals surface area contributed by atoms with Crippen molar-refractivity contribution in [1.29, 1.82) is 0 Å². The Morgan fingerprint density at radius 1 is 0.826 bits per heavy atom. The van der Waals surface area contributed by atoms with Gasteiger partial charge in [-0.25, -0.2) is 12.8 Å². The highest BCUT2D eigenvalue weighted by Gasteiger charge is 2.35.